The molecule has 0 heterocycles. The summed E-state index contributed by atoms with van der Waals surface area (Å²) in [4.78, 5) is 11.8. The molecule has 3 nitrogen and oxygen atoms in total. The Labute approximate surface area is 102 Å². The lowest BCUT2D eigenvalue weighted by Gasteiger charge is -2.15. The minimum atomic E-state index is -0.118. The van der Waals surface area contributed by atoms with Crippen molar-refractivity contribution in [2.75, 3.05) is 0 Å². The Bertz CT molecular complexity index is 388. The highest BCUT2D eigenvalue weighted by Crippen LogP contribution is 2.40. The van der Waals surface area contributed by atoms with Crippen molar-refractivity contribution in [3.8, 4) is 0 Å². The molecule has 4 unspecified atom stereocenters. The molecule has 1 amide bonds. The van der Waals surface area contributed by atoms with Gasteiger partial charge in [0.1, 0.15) is 0 Å². The van der Waals surface area contributed by atoms with Crippen molar-refractivity contribution >= 4 is 5.91 Å². The first kappa shape index (κ1) is 12.1. The lowest BCUT2D eigenvalue weighted by molar-refractivity contribution is -0.125. The monoisotopic (exact) mass is 232 g/mol. The van der Waals surface area contributed by atoms with Gasteiger partial charge in [-0.25, -0.2) is 0 Å². The van der Waals surface area contributed by atoms with Crippen LogP contribution in [-0.4, -0.2) is 18.0 Å². The average Bonchev–Trinajstić information content (AvgIpc) is 3.08. The van der Waals surface area contributed by atoms with E-state index in [1.54, 1.807) is 0 Å². The summed E-state index contributed by atoms with van der Waals surface area (Å²) < 4.78 is 0. The maximum absolute atomic E-state index is 11.8. The SMILES string of the molecule is CC(N)C(C)C(=O)NC1CC1c1ccccc1. The van der Waals surface area contributed by atoms with E-state index in [1.165, 1.54) is 5.56 Å². The third-order valence-corrected chi connectivity index (χ3v) is 3.55. The van der Waals surface area contributed by atoms with Crippen LogP contribution < -0.4 is 11.1 Å². The summed E-state index contributed by atoms with van der Waals surface area (Å²) in [5.41, 5.74) is 7.03. The van der Waals surface area contributed by atoms with Gasteiger partial charge in [-0.1, -0.05) is 37.3 Å². The zero-order valence-corrected chi connectivity index (χ0v) is 10.4. The number of carbonyl (C=O) groups is 1. The molecule has 0 saturated heterocycles. The van der Waals surface area contributed by atoms with Crippen LogP contribution in [0.1, 0.15) is 31.7 Å². The lowest BCUT2D eigenvalue weighted by Crippen LogP contribution is -2.39. The maximum atomic E-state index is 11.8. The summed E-state index contributed by atoms with van der Waals surface area (Å²) in [5.74, 6) is 0.441. The normalized spacial score (nSPS) is 26.1. The quantitative estimate of drug-likeness (QED) is 0.829. The molecule has 4 atom stereocenters. The summed E-state index contributed by atoms with van der Waals surface area (Å²) in [6, 6.07) is 10.5. The number of nitrogens with two attached hydrogens (primary N) is 1. The molecule has 1 fully saturated rings. The first-order valence-corrected chi connectivity index (χ1v) is 6.20. The van der Waals surface area contributed by atoms with Gasteiger partial charge in [0.15, 0.2) is 0 Å². The van der Waals surface area contributed by atoms with Crippen molar-refractivity contribution in [3.05, 3.63) is 35.9 Å². The summed E-state index contributed by atoms with van der Waals surface area (Å²) in [6.45, 7) is 3.74. The van der Waals surface area contributed by atoms with Crippen molar-refractivity contribution in [2.24, 2.45) is 11.7 Å². The highest BCUT2D eigenvalue weighted by Gasteiger charge is 2.40. The third-order valence-electron chi connectivity index (χ3n) is 3.55. The Morgan fingerprint density at radius 2 is 2.00 bits per heavy atom. The molecule has 0 spiro atoms. The Morgan fingerprint density at radius 1 is 1.35 bits per heavy atom. The van der Waals surface area contributed by atoms with Gasteiger partial charge >= 0.3 is 0 Å². The zero-order valence-electron chi connectivity index (χ0n) is 10.4. The van der Waals surface area contributed by atoms with Gasteiger partial charge in [-0.3, -0.25) is 4.79 Å². The van der Waals surface area contributed by atoms with Crippen LogP contribution in [0.3, 0.4) is 0 Å². The van der Waals surface area contributed by atoms with Crippen LogP contribution in [0.5, 0.6) is 0 Å². The van der Waals surface area contributed by atoms with E-state index in [0.717, 1.165) is 6.42 Å². The fourth-order valence-corrected chi connectivity index (χ4v) is 1.98. The molecule has 1 aliphatic carbocycles. The van der Waals surface area contributed by atoms with Crippen molar-refractivity contribution in [1.82, 2.24) is 5.32 Å². The van der Waals surface area contributed by atoms with E-state index in [-0.39, 0.29) is 17.9 Å². The van der Waals surface area contributed by atoms with Crippen LogP contribution in [0.4, 0.5) is 0 Å². The second kappa shape index (κ2) is 4.88. The first-order chi connectivity index (χ1) is 8.09. The smallest absolute Gasteiger partial charge is 0.224 e. The number of carbonyl (C=O) groups excluding carboxylic acids is 1. The number of benzene rings is 1. The molecule has 0 aromatic heterocycles. The van der Waals surface area contributed by atoms with Crippen molar-refractivity contribution < 1.29 is 4.79 Å². The molecule has 1 aliphatic rings. The summed E-state index contributed by atoms with van der Waals surface area (Å²) in [5, 5.41) is 3.06. The minimum Gasteiger partial charge on any atom is -0.352 e. The van der Waals surface area contributed by atoms with Gasteiger partial charge in [0, 0.05) is 23.9 Å². The van der Waals surface area contributed by atoms with Gasteiger partial charge in [-0.15, -0.1) is 0 Å². The van der Waals surface area contributed by atoms with E-state index in [0.29, 0.717) is 12.0 Å². The second-order valence-electron chi connectivity index (χ2n) is 5.02. The lowest BCUT2D eigenvalue weighted by atomic mass is 10.0. The van der Waals surface area contributed by atoms with E-state index in [9.17, 15) is 4.79 Å². The van der Waals surface area contributed by atoms with E-state index < -0.39 is 0 Å². The predicted molar refractivity (Wildman–Crippen MR) is 68.5 cm³/mol. The standard InChI is InChI=1S/C14H20N2O/c1-9(10(2)15)14(17)16-13-8-12(13)11-6-4-3-5-7-11/h3-7,9-10,12-13H,8,15H2,1-2H3,(H,16,17). The molecule has 2 rings (SSSR count). The van der Waals surface area contributed by atoms with Crippen molar-refractivity contribution in [2.45, 2.75) is 38.3 Å². The number of nitrogens with one attached hydrogen (secondary N) is 1. The molecule has 0 aliphatic heterocycles. The summed E-state index contributed by atoms with van der Waals surface area (Å²) in [7, 11) is 0. The van der Waals surface area contributed by atoms with Gasteiger partial charge in [-0.05, 0) is 18.9 Å². The van der Waals surface area contributed by atoms with Gasteiger partial charge in [0.2, 0.25) is 5.91 Å². The third kappa shape index (κ3) is 2.86. The van der Waals surface area contributed by atoms with Crippen molar-refractivity contribution in [3.63, 3.8) is 0 Å². The molecule has 3 heteroatoms. The van der Waals surface area contributed by atoms with E-state index in [4.69, 9.17) is 5.73 Å². The molecule has 0 bridgehead atoms. The highest BCUT2D eigenvalue weighted by molar-refractivity contribution is 5.79. The summed E-state index contributed by atoms with van der Waals surface area (Å²) in [6.07, 6.45) is 1.04. The molecule has 1 aromatic rings. The van der Waals surface area contributed by atoms with Crippen LogP contribution in [0.15, 0.2) is 30.3 Å². The fraction of sp³-hybridized carbons (Fsp3) is 0.500. The number of rotatable bonds is 4. The molecule has 3 N–H and O–H groups in total. The maximum Gasteiger partial charge on any atom is 0.224 e. The van der Waals surface area contributed by atoms with E-state index in [2.05, 4.69) is 17.4 Å². The predicted octanol–water partition coefficient (Wildman–Crippen LogP) is 1.64. The van der Waals surface area contributed by atoms with Gasteiger partial charge in [-0.2, -0.15) is 0 Å². The molecule has 17 heavy (non-hydrogen) atoms. The molecule has 1 saturated carbocycles. The largest absolute Gasteiger partial charge is 0.352 e. The van der Waals surface area contributed by atoms with E-state index >= 15 is 0 Å². The van der Waals surface area contributed by atoms with Gasteiger partial charge in [0.25, 0.3) is 0 Å². The zero-order chi connectivity index (χ0) is 12.4. The highest BCUT2D eigenvalue weighted by atomic mass is 16.2. The molecule has 0 radical (unpaired) electrons. The molecule has 1 aromatic carbocycles. The fourth-order valence-electron chi connectivity index (χ4n) is 1.98. The van der Waals surface area contributed by atoms with Crippen LogP contribution in [0, 0.1) is 5.92 Å². The second-order valence-corrected chi connectivity index (χ2v) is 5.02. The van der Waals surface area contributed by atoms with Gasteiger partial charge in [0.05, 0.1) is 0 Å². The van der Waals surface area contributed by atoms with Gasteiger partial charge < -0.3 is 11.1 Å². The number of amides is 1. The van der Waals surface area contributed by atoms with Crippen LogP contribution in [0.2, 0.25) is 0 Å². The van der Waals surface area contributed by atoms with E-state index in [1.807, 2.05) is 32.0 Å². The minimum absolute atomic E-state index is 0.0726. The topological polar surface area (TPSA) is 55.1 Å². The Kier molecular flexibility index (Phi) is 3.48. The van der Waals surface area contributed by atoms with Crippen LogP contribution in [-0.2, 0) is 4.79 Å². The number of hydrogen-bond acceptors (Lipinski definition) is 2. The first-order valence-electron chi connectivity index (χ1n) is 6.20. The number of hydrogen-bond donors (Lipinski definition) is 2. The Balaban J connectivity index is 1.86. The Hall–Kier alpha value is -1.35. The summed E-state index contributed by atoms with van der Waals surface area (Å²) >= 11 is 0. The molecule has 92 valence electrons. The molecular weight excluding hydrogens is 212 g/mol. The molecular formula is C14H20N2O. The van der Waals surface area contributed by atoms with Crippen molar-refractivity contribution in [1.29, 1.82) is 0 Å². The van der Waals surface area contributed by atoms with Crippen LogP contribution >= 0.6 is 0 Å². The average molecular weight is 232 g/mol. The Morgan fingerprint density at radius 3 is 2.59 bits per heavy atom. The van der Waals surface area contributed by atoms with Crippen LogP contribution in [0.25, 0.3) is 0 Å².